The standard InChI is InChI=1S/C23H28N4O2.2ClH/c1-26(12-13-29-17-20-10-6-3-7-11-20)23(28)22(24)14-21-16-27(18-25-21)15-19-8-4-2-5-9-19;;/h2-11,16,18,22H,12-15,17,24H2,1H3;2*1H/t22-;;/m0../s1. The van der Waals surface area contributed by atoms with Gasteiger partial charge < -0.3 is 19.9 Å². The Kier molecular flexibility index (Phi) is 11.9. The Hall–Kier alpha value is -2.38. The average Bonchev–Trinajstić information content (AvgIpc) is 3.18. The molecule has 0 unspecified atom stereocenters. The third-order valence-electron chi connectivity index (χ3n) is 4.70. The Morgan fingerprint density at radius 2 is 1.68 bits per heavy atom. The number of nitrogens with zero attached hydrogens (tertiary/aromatic N) is 3. The van der Waals surface area contributed by atoms with Crippen LogP contribution >= 0.6 is 24.8 Å². The molecule has 0 fully saturated rings. The molecule has 0 aliphatic carbocycles. The second-order valence-electron chi connectivity index (χ2n) is 7.13. The maximum absolute atomic E-state index is 12.5. The molecule has 2 aromatic carbocycles. The number of carbonyl (C=O) groups is 1. The van der Waals surface area contributed by atoms with Gasteiger partial charge in [-0.25, -0.2) is 4.98 Å². The third-order valence-corrected chi connectivity index (χ3v) is 4.70. The molecular weight excluding hydrogens is 435 g/mol. The Balaban J connectivity index is 0.00000240. The van der Waals surface area contributed by atoms with Crippen LogP contribution in [-0.4, -0.2) is 46.6 Å². The number of amides is 1. The highest BCUT2D eigenvalue weighted by Crippen LogP contribution is 2.06. The van der Waals surface area contributed by atoms with Crippen LogP contribution in [0.3, 0.4) is 0 Å². The molecule has 6 nitrogen and oxygen atoms in total. The number of hydrogen-bond acceptors (Lipinski definition) is 4. The van der Waals surface area contributed by atoms with Gasteiger partial charge in [-0.1, -0.05) is 60.7 Å². The number of likely N-dealkylation sites (N-methyl/N-ethyl adjacent to an activating group) is 1. The van der Waals surface area contributed by atoms with Crippen molar-refractivity contribution in [2.24, 2.45) is 5.73 Å². The maximum Gasteiger partial charge on any atom is 0.239 e. The quantitative estimate of drug-likeness (QED) is 0.467. The molecule has 1 atom stereocenters. The van der Waals surface area contributed by atoms with Gasteiger partial charge in [0.1, 0.15) is 0 Å². The Morgan fingerprint density at radius 1 is 1.06 bits per heavy atom. The molecule has 3 aromatic rings. The summed E-state index contributed by atoms with van der Waals surface area (Å²) in [5, 5.41) is 0. The normalized spacial score (nSPS) is 11.2. The minimum Gasteiger partial charge on any atom is -0.375 e. The third kappa shape index (κ3) is 8.71. The average molecular weight is 465 g/mol. The van der Waals surface area contributed by atoms with Crippen molar-refractivity contribution >= 4 is 30.7 Å². The molecule has 0 radical (unpaired) electrons. The summed E-state index contributed by atoms with van der Waals surface area (Å²) in [6.07, 6.45) is 4.14. The van der Waals surface area contributed by atoms with E-state index in [2.05, 4.69) is 17.1 Å². The van der Waals surface area contributed by atoms with Crippen molar-refractivity contribution in [2.75, 3.05) is 20.2 Å². The van der Waals surface area contributed by atoms with Gasteiger partial charge in [0.15, 0.2) is 0 Å². The fourth-order valence-electron chi connectivity index (χ4n) is 3.06. The minimum atomic E-state index is -0.616. The molecule has 0 aliphatic heterocycles. The van der Waals surface area contributed by atoms with Gasteiger partial charge in [-0.15, -0.1) is 24.8 Å². The summed E-state index contributed by atoms with van der Waals surface area (Å²) in [7, 11) is 1.75. The highest BCUT2D eigenvalue weighted by Gasteiger charge is 2.19. The van der Waals surface area contributed by atoms with Gasteiger partial charge in [0.25, 0.3) is 0 Å². The number of ether oxygens (including phenoxy) is 1. The number of imidazole rings is 1. The summed E-state index contributed by atoms with van der Waals surface area (Å²) in [5.41, 5.74) is 9.26. The van der Waals surface area contributed by atoms with Gasteiger partial charge >= 0.3 is 0 Å². The zero-order valence-electron chi connectivity index (χ0n) is 17.6. The first-order chi connectivity index (χ1) is 14.1. The molecule has 1 heterocycles. The molecule has 31 heavy (non-hydrogen) atoms. The van der Waals surface area contributed by atoms with E-state index in [0.29, 0.717) is 26.2 Å². The lowest BCUT2D eigenvalue weighted by Crippen LogP contribution is -2.44. The summed E-state index contributed by atoms with van der Waals surface area (Å²) in [4.78, 5) is 18.5. The molecule has 0 spiro atoms. The van der Waals surface area contributed by atoms with E-state index in [4.69, 9.17) is 10.5 Å². The van der Waals surface area contributed by atoms with Crippen LogP contribution in [0.2, 0.25) is 0 Å². The zero-order chi connectivity index (χ0) is 20.5. The van der Waals surface area contributed by atoms with Crippen LogP contribution < -0.4 is 5.73 Å². The lowest BCUT2D eigenvalue weighted by molar-refractivity contribution is -0.132. The van der Waals surface area contributed by atoms with E-state index in [0.717, 1.165) is 17.8 Å². The number of halogens is 2. The monoisotopic (exact) mass is 464 g/mol. The van der Waals surface area contributed by atoms with Gasteiger partial charge in [0, 0.05) is 32.8 Å². The molecule has 0 saturated heterocycles. The molecule has 0 aliphatic rings. The van der Waals surface area contributed by atoms with Gasteiger partial charge in [-0.2, -0.15) is 0 Å². The van der Waals surface area contributed by atoms with Crippen molar-refractivity contribution in [2.45, 2.75) is 25.6 Å². The first-order valence-electron chi connectivity index (χ1n) is 9.78. The van der Waals surface area contributed by atoms with Crippen LogP contribution in [0.4, 0.5) is 0 Å². The van der Waals surface area contributed by atoms with E-state index in [1.54, 1.807) is 18.3 Å². The number of benzene rings is 2. The molecule has 0 saturated carbocycles. The molecule has 3 rings (SSSR count). The van der Waals surface area contributed by atoms with E-state index in [1.165, 1.54) is 5.56 Å². The van der Waals surface area contributed by atoms with Crippen molar-refractivity contribution in [3.8, 4) is 0 Å². The van der Waals surface area contributed by atoms with Crippen molar-refractivity contribution in [1.29, 1.82) is 0 Å². The highest BCUT2D eigenvalue weighted by atomic mass is 35.5. The number of hydrogen-bond donors (Lipinski definition) is 1. The molecule has 8 heteroatoms. The summed E-state index contributed by atoms with van der Waals surface area (Å²) >= 11 is 0. The molecule has 2 N–H and O–H groups in total. The minimum absolute atomic E-state index is 0. The number of nitrogens with two attached hydrogens (primary N) is 1. The summed E-state index contributed by atoms with van der Waals surface area (Å²) < 4.78 is 7.65. The van der Waals surface area contributed by atoms with Crippen molar-refractivity contribution < 1.29 is 9.53 Å². The van der Waals surface area contributed by atoms with Crippen molar-refractivity contribution in [1.82, 2.24) is 14.5 Å². The van der Waals surface area contributed by atoms with E-state index in [-0.39, 0.29) is 30.7 Å². The zero-order valence-corrected chi connectivity index (χ0v) is 19.2. The predicted molar refractivity (Wildman–Crippen MR) is 128 cm³/mol. The summed E-state index contributed by atoms with van der Waals surface area (Å²) in [6, 6.07) is 19.5. The molecule has 1 amide bonds. The topological polar surface area (TPSA) is 73.4 Å². The van der Waals surface area contributed by atoms with Gasteiger partial charge in [0.05, 0.1) is 31.3 Å². The fraction of sp³-hybridized carbons (Fsp3) is 0.304. The highest BCUT2D eigenvalue weighted by molar-refractivity contribution is 5.85. The van der Waals surface area contributed by atoms with Crippen LogP contribution in [0.1, 0.15) is 16.8 Å². The Labute approximate surface area is 196 Å². The second-order valence-corrected chi connectivity index (χ2v) is 7.13. The summed E-state index contributed by atoms with van der Waals surface area (Å²) in [5.74, 6) is -0.106. The molecule has 168 valence electrons. The first-order valence-corrected chi connectivity index (χ1v) is 9.78. The summed E-state index contributed by atoms with van der Waals surface area (Å²) in [6.45, 7) is 2.25. The molecule has 0 bridgehead atoms. The van der Waals surface area contributed by atoms with E-state index >= 15 is 0 Å². The number of aromatic nitrogens is 2. The van der Waals surface area contributed by atoms with Crippen LogP contribution in [-0.2, 0) is 29.1 Å². The second kappa shape index (κ2) is 13.8. The SMILES string of the molecule is CN(CCOCc1ccccc1)C(=O)[C@@H](N)Cc1cn(Cc2ccccc2)cn1.Cl.Cl. The lowest BCUT2D eigenvalue weighted by Gasteiger charge is -2.21. The fourth-order valence-corrected chi connectivity index (χ4v) is 3.06. The Morgan fingerprint density at radius 3 is 2.32 bits per heavy atom. The molecular formula is C23H30Cl2N4O2. The van der Waals surface area contributed by atoms with Crippen LogP contribution in [0.5, 0.6) is 0 Å². The lowest BCUT2D eigenvalue weighted by atomic mass is 10.1. The van der Waals surface area contributed by atoms with Crippen molar-refractivity contribution in [3.05, 3.63) is 90.0 Å². The van der Waals surface area contributed by atoms with Crippen LogP contribution in [0.25, 0.3) is 0 Å². The Bertz CT molecular complexity index is 891. The number of rotatable bonds is 10. The number of carbonyl (C=O) groups excluding carboxylic acids is 1. The van der Waals surface area contributed by atoms with Crippen LogP contribution in [0.15, 0.2) is 73.2 Å². The van der Waals surface area contributed by atoms with E-state index in [1.807, 2.05) is 59.3 Å². The van der Waals surface area contributed by atoms with Gasteiger partial charge in [0.2, 0.25) is 5.91 Å². The van der Waals surface area contributed by atoms with Gasteiger partial charge in [-0.05, 0) is 11.1 Å². The predicted octanol–water partition coefficient (Wildman–Crippen LogP) is 3.32. The largest absolute Gasteiger partial charge is 0.375 e. The maximum atomic E-state index is 12.5. The van der Waals surface area contributed by atoms with Crippen LogP contribution in [0, 0.1) is 0 Å². The van der Waals surface area contributed by atoms with Crippen molar-refractivity contribution in [3.63, 3.8) is 0 Å². The smallest absolute Gasteiger partial charge is 0.239 e. The van der Waals surface area contributed by atoms with Gasteiger partial charge in [-0.3, -0.25) is 4.79 Å². The first kappa shape index (κ1) is 26.7. The van der Waals surface area contributed by atoms with E-state index in [9.17, 15) is 4.79 Å². The van der Waals surface area contributed by atoms with E-state index < -0.39 is 6.04 Å². The molecule has 1 aromatic heterocycles.